The van der Waals surface area contributed by atoms with E-state index >= 15 is 0 Å². The molecule has 0 aliphatic carbocycles. The summed E-state index contributed by atoms with van der Waals surface area (Å²) < 4.78 is 0. The molecule has 0 aromatic heterocycles. The Balaban J connectivity index is 2.09. The lowest BCUT2D eigenvalue weighted by atomic mass is 9.87. The van der Waals surface area contributed by atoms with Crippen molar-refractivity contribution in [1.29, 1.82) is 0 Å². The number of hydrogen-bond donors (Lipinski definition) is 1. The smallest absolute Gasteiger partial charge is 0.146 e. The lowest BCUT2D eigenvalue weighted by Crippen LogP contribution is -2.43. The molecule has 49 heavy (non-hydrogen) atoms. The molecule has 0 fully saturated rings. The molecule has 0 heterocycles. The maximum Gasteiger partial charge on any atom is 0.146 e. The highest BCUT2D eigenvalue weighted by Crippen LogP contribution is 2.43. The Morgan fingerprint density at radius 2 is 0.837 bits per heavy atom. The van der Waals surface area contributed by atoms with E-state index in [1.807, 2.05) is 0 Å². The molecule has 1 nitrogen and oxygen atoms in total. The molecule has 0 aliphatic heterocycles. The molecule has 3 heteroatoms. The Kier molecular flexibility index (Phi) is 11.7. The minimum absolute atomic E-state index is 0.120. The zero-order chi connectivity index (χ0) is 36.5. The minimum atomic E-state index is -1.97. The maximum absolute atomic E-state index is 4.08. The summed E-state index contributed by atoms with van der Waals surface area (Å²) in [4.78, 5) is 0. The lowest BCUT2D eigenvalue weighted by molar-refractivity contribution is 0.590. The Hall–Kier alpha value is -3.25. The van der Waals surface area contributed by atoms with Crippen LogP contribution in [-0.2, 0) is 5.41 Å². The van der Waals surface area contributed by atoms with Gasteiger partial charge in [0.15, 0.2) is 0 Å². The van der Waals surface area contributed by atoms with Gasteiger partial charge in [-0.1, -0.05) is 158 Å². The fourth-order valence-electron chi connectivity index (χ4n) is 8.95. The molecule has 0 bridgehead atoms. The summed E-state index contributed by atoms with van der Waals surface area (Å²) in [6.07, 6.45) is 0. The summed E-state index contributed by atoms with van der Waals surface area (Å²) in [5.74, 6) is 7.84. The van der Waals surface area contributed by atoms with Gasteiger partial charge in [0.05, 0.1) is 0 Å². The van der Waals surface area contributed by atoms with Crippen molar-refractivity contribution in [3.8, 4) is 22.9 Å². The molecular formula is C46H63NSi2. The minimum Gasteiger partial charge on any atom is -0.356 e. The van der Waals surface area contributed by atoms with Gasteiger partial charge in [0, 0.05) is 27.9 Å². The molecule has 0 unspecified atom stereocenters. The van der Waals surface area contributed by atoms with Crippen LogP contribution in [0.25, 0.3) is 21.5 Å². The summed E-state index contributed by atoms with van der Waals surface area (Å²) in [5.41, 5.74) is 17.5. The third-order valence-corrected chi connectivity index (χ3v) is 24.2. The first kappa shape index (κ1) is 38.6. The fraction of sp³-hybridized carbons (Fsp3) is 0.478. The van der Waals surface area contributed by atoms with Crippen molar-refractivity contribution in [2.45, 2.75) is 143 Å². The first-order chi connectivity index (χ1) is 22.9. The van der Waals surface area contributed by atoms with Crippen LogP contribution in [0.5, 0.6) is 0 Å². The van der Waals surface area contributed by atoms with Crippen molar-refractivity contribution >= 4 is 49.1 Å². The molecule has 260 valence electrons. The van der Waals surface area contributed by atoms with E-state index in [-0.39, 0.29) is 5.41 Å². The Labute approximate surface area is 302 Å². The van der Waals surface area contributed by atoms with Gasteiger partial charge in [-0.05, 0) is 84.6 Å². The normalized spacial score (nSPS) is 12.8. The number of fused-ring (bicyclic) bond motifs is 2. The van der Waals surface area contributed by atoms with Gasteiger partial charge in [0.2, 0.25) is 0 Å². The Morgan fingerprint density at radius 3 is 1.22 bits per heavy atom. The Morgan fingerprint density at radius 1 is 0.469 bits per heavy atom. The number of nitrogens with one attached hydrogen (secondary N) is 1. The van der Waals surface area contributed by atoms with Gasteiger partial charge in [-0.2, -0.15) is 0 Å². The van der Waals surface area contributed by atoms with Crippen LogP contribution in [0, 0.1) is 22.9 Å². The predicted octanol–water partition coefficient (Wildman–Crippen LogP) is 14.2. The van der Waals surface area contributed by atoms with E-state index in [4.69, 9.17) is 0 Å². The van der Waals surface area contributed by atoms with Crippen molar-refractivity contribution in [2.75, 3.05) is 5.32 Å². The van der Waals surface area contributed by atoms with Crippen LogP contribution in [0.4, 0.5) is 11.4 Å². The molecule has 0 aliphatic rings. The molecule has 0 radical (unpaired) electrons. The largest absolute Gasteiger partial charge is 0.356 e. The maximum atomic E-state index is 4.08. The Bertz CT molecular complexity index is 1850. The third kappa shape index (κ3) is 7.45. The highest BCUT2D eigenvalue weighted by Gasteiger charge is 2.42. The average Bonchev–Trinajstić information content (AvgIpc) is 3.01. The van der Waals surface area contributed by atoms with Crippen LogP contribution in [-0.4, -0.2) is 16.1 Å². The first-order valence-corrected chi connectivity index (χ1v) is 23.3. The van der Waals surface area contributed by atoms with Gasteiger partial charge in [-0.25, -0.2) is 0 Å². The average molecular weight is 686 g/mol. The van der Waals surface area contributed by atoms with Gasteiger partial charge < -0.3 is 5.32 Å². The quantitative estimate of drug-likeness (QED) is 0.111. The highest BCUT2D eigenvalue weighted by atomic mass is 28.3. The van der Waals surface area contributed by atoms with E-state index < -0.39 is 16.1 Å². The SMILES string of the molecule is CC(C)[Si](C#Cc1c2ccccc2c(C#C[Si](C(C)C)(C(C)C)C(C)C)c2cc(Nc3ccc(C(C)(C)C)cc3)ccc12)(C(C)C)C(C)C. The van der Waals surface area contributed by atoms with E-state index in [0.29, 0.717) is 33.2 Å². The van der Waals surface area contributed by atoms with Crippen LogP contribution >= 0.6 is 0 Å². The lowest BCUT2D eigenvalue weighted by Gasteiger charge is -2.38. The van der Waals surface area contributed by atoms with Gasteiger partial charge in [0.1, 0.15) is 16.1 Å². The molecule has 4 aromatic carbocycles. The molecule has 0 spiro atoms. The summed E-state index contributed by atoms with van der Waals surface area (Å²) >= 11 is 0. The molecular weight excluding hydrogens is 623 g/mol. The van der Waals surface area contributed by atoms with E-state index in [0.717, 1.165) is 22.5 Å². The first-order valence-electron chi connectivity index (χ1n) is 18.8. The topological polar surface area (TPSA) is 12.0 Å². The van der Waals surface area contributed by atoms with Crippen molar-refractivity contribution in [3.05, 3.63) is 83.4 Å². The van der Waals surface area contributed by atoms with Crippen molar-refractivity contribution in [2.24, 2.45) is 0 Å². The van der Waals surface area contributed by atoms with Crippen molar-refractivity contribution < 1.29 is 0 Å². The molecule has 0 atom stereocenters. The second-order valence-corrected chi connectivity index (χ2v) is 28.5. The number of hydrogen-bond acceptors (Lipinski definition) is 1. The second kappa shape index (κ2) is 14.9. The van der Waals surface area contributed by atoms with Gasteiger partial charge in [-0.15, -0.1) is 11.1 Å². The fourth-order valence-corrected chi connectivity index (χ4v) is 19.4. The molecule has 4 aromatic rings. The summed E-state index contributed by atoms with van der Waals surface area (Å²) in [7, 11) is -3.92. The van der Waals surface area contributed by atoms with Crippen molar-refractivity contribution in [3.63, 3.8) is 0 Å². The molecule has 1 N–H and O–H groups in total. The van der Waals surface area contributed by atoms with Crippen LogP contribution in [0.2, 0.25) is 33.2 Å². The summed E-state index contributed by atoms with van der Waals surface area (Å²) in [5, 5.41) is 8.55. The second-order valence-electron chi connectivity index (χ2n) is 17.3. The standard InChI is InChI=1S/C46H63NSi2/c1-31(2)48(32(3)4,33(5)6)28-26-43-40-18-16-17-19-41(40)44(27-29-49(34(7)8,35(9)10)36(11)12)45-30-39(24-25-42(43)45)47-38-22-20-37(21-23-38)46(13,14)15/h16-25,30-36,47H,1-15H3. The number of anilines is 2. The van der Waals surface area contributed by atoms with Crippen LogP contribution in [0.15, 0.2) is 66.7 Å². The number of rotatable bonds is 8. The number of benzene rings is 4. The third-order valence-electron chi connectivity index (χ3n) is 11.6. The molecule has 0 saturated heterocycles. The van der Waals surface area contributed by atoms with Gasteiger partial charge >= 0.3 is 0 Å². The monoisotopic (exact) mass is 685 g/mol. The van der Waals surface area contributed by atoms with E-state index in [2.05, 4.69) is 199 Å². The van der Waals surface area contributed by atoms with Crippen LogP contribution < -0.4 is 5.32 Å². The van der Waals surface area contributed by atoms with Gasteiger partial charge in [-0.3, -0.25) is 0 Å². The highest BCUT2D eigenvalue weighted by molar-refractivity contribution is 6.91. The molecule has 0 saturated carbocycles. The van der Waals surface area contributed by atoms with E-state index in [1.165, 1.54) is 27.1 Å². The molecule has 0 amide bonds. The van der Waals surface area contributed by atoms with E-state index in [1.54, 1.807) is 0 Å². The zero-order valence-corrected chi connectivity index (χ0v) is 35.3. The molecule has 4 rings (SSSR count). The zero-order valence-electron chi connectivity index (χ0n) is 33.3. The summed E-state index contributed by atoms with van der Waals surface area (Å²) in [6.45, 7) is 35.6. The van der Waals surface area contributed by atoms with Crippen molar-refractivity contribution in [1.82, 2.24) is 0 Å². The van der Waals surface area contributed by atoms with Crippen LogP contribution in [0.3, 0.4) is 0 Å². The van der Waals surface area contributed by atoms with Crippen LogP contribution in [0.1, 0.15) is 121 Å². The summed E-state index contributed by atoms with van der Waals surface area (Å²) in [6, 6.07) is 24.6. The van der Waals surface area contributed by atoms with Gasteiger partial charge in [0.25, 0.3) is 0 Å². The predicted molar refractivity (Wildman–Crippen MR) is 226 cm³/mol. The van der Waals surface area contributed by atoms with E-state index in [9.17, 15) is 0 Å².